The van der Waals surface area contributed by atoms with E-state index >= 15 is 0 Å². The number of nitriles is 1. The number of aryl methyl sites for hydroxylation is 1. The third kappa shape index (κ3) is 1.78. The number of fused-ring (bicyclic) bond motifs is 5. The Morgan fingerprint density at radius 1 is 1.22 bits per heavy atom. The van der Waals surface area contributed by atoms with Gasteiger partial charge in [-0.2, -0.15) is 5.26 Å². The summed E-state index contributed by atoms with van der Waals surface area (Å²) in [4.78, 5) is 12.4. The Morgan fingerprint density at radius 3 is 2.74 bits per heavy atom. The van der Waals surface area contributed by atoms with Gasteiger partial charge in [0.1, 0.15) is 11.5 Å². The maximum Gasteiger partial charge on any atom is 0.139 e. The standard InChI is InChI=1S/C20H23NO2/c1-19-9-10-20(12-21)15-6-4-14(23-2)11-13(15)3-5-17(20)16(19)7-8-18(19)22/h4,6,11,16-17H,3,5,7-10H2,1-2H3/t16?,17?,19-,20-/m0/s1. The van der Waals surface area contributed by atoms with Crippen molar-refractivity contribution in [1.82, 2.24) is 0 Å². The average molecular weight is 309 g/mol. The minimum atomic E-state index is -0.408. The van der Waals surface area contributed by atoms with Gasteiger partial charge in [0, 0.05) is 11.8 Å². The van der Waals surface area contributed by atoms with Crippen LogP contribution in [0.15, 0.2) is 18.2 Å². The smallest absolute Gasteiger partial charge is 0.139 e. The molecule has 3 aliphatic carbocycles. The molecule has 2 saturated carbocycles. The number of hydrogen-bond donors (Lipinski definition) is 0. The first-order valence-corrected chi connectivity index (χ1v) is 8.67. The van der Waals surface area contributed by atoms with E-state index in [2.05, 4.69) is 25.1 Å². The molecule has 3 nitrogen and oxygen atoms in total. The third-order valence-corrected chi connectivity index (χ3v) is 7.01. The van der Waals surface area contributed by atoms with Gasteiger partial charge < -0.3 is 4.74 Å². The van der Waals surface area contributed by atoms with Crippen LogP contribution >= 0.6 is 0 Å². The largest absolute Gasteiger partial charge is 0.497 e. The molecule has 4 atom stereocenters. The van der Waals surface area contributed by atoms with Crippen LogP contribution in [0, 0.1) is 28.6 Å². The molecule has 120 valence electrons. The van der Waals surface area contributed by atoms with Crippen LogP contribution in [0.4, 0.5) is 0 Å². The van der Waals surface area contributed by atoms with Crippen LogP contribution in [-0.4, -0.2) is 12.9 Å². The van der Waals surface area contributed by atoms with Crippen LogP contribution in [0.3, 0.4) is 0 Å². The molecule has 1 aromatic rings. The number of ketones is 1. The maximum atomic E-state index is 12.4. The molecule has 0 saturated heterocycles. The Bertz CT molecular complexity index is 719. The summed E-state index contributed by atoms with van der Waals surface area (Å²) in [6.07, 6.45) is 5.34. The second kappa shape index (κ2) is 4.84. The number of benzene rings is 1. The van der Waals surface area contributed by atoms with Crippen molar-refractivity contribution in [3.8, 4) is 11.8 Å². The van der Waals surface area contributed by atoms with Crippen LogP contribution in [0.5, 0.6) is 5.75 Å². The summed E-state index contributed by atoms with van der Waals surface area (Å²) >= 11 is 0. The highest BCUT2D eigenvalue weighted by atomic mass is 16.5. The number of hydrogen-bond acceptors (Lipinski definition) is 3. The summed E-state index contributed by atoms with van der Waals surface area (Å²) in [7, 11) is 1.68. The molecule has 0 aliphatic heterocycles. The first kappa shape index (κ1) is 14.8. The lowest BCUT2D eigenvalue weighted by molar-refractivity contribution is -0.130. The fourth-order valence-electron chi connectivity index (χ4n) is 5.68. The maximum absolute atomic E-state index is 12.4. The van der Waals surface area contributed by atoms with Crippen LogP contribution in [0.2, 0.25) is 0 Å². The highest BCUT2D eigenvalue weighted by molar-refractivity contribution is 5.87. The van der Waals surface area contributed by atoms with Crippen LogP contribution in [-0.2, 0) is 16.6 Å². The van der Waals surface area contributed by atoms with Crippen molar-refractivity contribution < 1.29 is 9.53 Å². The molecule has 0 aromatic heterocycles. The van der Waals surface area contributed by atoms with Gasteiger partial charge in [-0.1, -0.05) is 13.0 Å². The van der Waals surface area contributed by atoms with E-state index in [9.17, 15) is 10.1 Å². The lowest BCUT2D eigenvalue weighted by atomic mass is 9.49. The Labute approximate surface area is 137 Å². The second-order valence-corrected chi connectivity index (χ2v) is 7.74. The monoisotopic (exact) mass is 309 g/mol. The van der Waals surface area contributed by atoms with Gasteiger partial charge in [0.05, 0.1) is 18.6 Å². The normalized spacial score (nSPS) is 38.2. The van der Waals surface area contributed by atoms with Gasteiger partial charge in [-0.15, -0.1) is 0 Å². The molecule has 4 rings (SSSR count). The Morgan fingerprint density at radius 2 is 2.00 bits per heavy atom. The Balaban J connectivity index is 1.83. The quantitative estimate of drug-likeness (QED) is 0.793. The molecule has 23 heavy (non-hydrogen) atoms. The summed E-state index contributed by atoms with van der Waals surface area (Å²) in [5.41, 5.74) is 1.86. The van der Waals surface area contributed by atoms with Gasteiger partial charge in [-0.3, -0.25) is 4.79 Å². The molecule has 0 N–H and O–H groups in total. The number of nitrogens with zero attached hydrogens (tertiary/aromatic N) is 1. The topological polar surface area (TPSA) is 50.1 Å². The van der Waals surface area contributed by atoms with E-state index in [1.54, 1.807) is 7.11 Å². The van der Waals surface area contributed by atoms with Crippen molar-refractivity contribution >= 4 is 5.78 Å². The summed E-state index contributed by atoms with van der Waals surface area (Å²) in [5.74, 6) is 1.98. The van der Waals surface area contributed by atoms with Crippen LogP contribution in [0.1, 0.15) is 50.2 Å². The second-order valence-electron chi connectivity index (χ2n) is 7.74. The highest BCUT2D eigenvalue weighted by Gasteiger charge is 2.60. The number of Topliss-reactive ketones (excluding diaryl/α,β-unsaturated/α-hetero) is 1. The molecule has 2 fully saturated rings. The number of ether oxygens (including phenoxy) is 1. The molecule has 0 radical (unpaired) electrons. The Kier molecular flexibility index (Phi) is 3.10. The summed E-state index contributed by atoms with van der Waals surface area (Å²) < 4.78 is 5.35. The predicted molar refractivity (Wildman–Crippen MR) is 87.2 cm³/mol. The van der Waals surface area contributed by atoms with Crippen molar-refractivity contribution in [1.29, 1.82) is 5.26 Å². The SMILES string of the molecule is COc1ccc2c(c1)CCC1C3CCC(=O)[C@@]3(C)CC[C@]21C#N. The zero-order chi connectivity index (χ0) is 16.2. The summed E-state index contributed by atoms with van der Waals surface area (Å²) in [5, 5.41) is 10.2. The van der Waals surface area contributed by atoms with E-state index in [0.717, 1.165) is 37.9 Å². The van der Waals surface area contributed by atoms with Crippen LogP contribution in [0.25, 0.3) is 0 Å². The average Bonchev–Trinajstić information content (AvgIpc) is 2.89. The van der Waals surface area contributed by atoms with E-state index < -0.39 is 5.41 Å². The van der Waals surface area contributed by atoms with Gasteiger partial charge >= 0.3 is 0 Å². The van der Waals surface area contributed by atoms with Crippen molar-refractivity contribution in [3.63, 3.8) is 0 Å². The third-order valence-electron chi connectivity index (χ3n) is 7.01. The van der Waals surface area contributed by atoms with E-state index in [1.807, 2.05) is 6.07 Å². The fraction of sp³-hybridized carbons (Fsp3) is 0.600. The molecule has 0 spiro atoms. The molecular formula is C20H23NO2. The minimum absolute atomic E-state index is 0.186. The van der Waals surface area contributed by atoms with Crippen molar-refractivity contribution in [3.05, 3.63) is 29.3 Å². The zero-order valence-electron chi connectivity index (χ0n) is 13.9. The van der Waals surface area contributed by atoms with Crippen LogP contribution < -0.4 is 4.74 Å². The summed E-state index contributed by atoms with van der Waals surface area (Å²) in [6, 6.07) is 8.88. The summed E-state index contributed by atoms with van der Waals surface area (Å²) in [6.45, 7) is 2.15. The van der Waals surface area contributed by atoms with E-state index in [0.29, 0.717) is 24.0 Å². The van der Waals surface area contributed by atoms with Gasteiger partial charge in [-0.25, -0.2) is 0 Å². The lowest BCUT2D eigenvalue weighted by Gasteiger charge is -2.52. The molecule has 3 heteroatoms. The highest BCUT2D eigenvalue weighted by Crippen LogP contribution is 2.62. The van der Waals surface area contributed by atoms with Gasteiger partial charge in [0.15, 0.2) is 0 Å². The number of rotatable bonds is 1. The number of methoxy groups -OCH3 is 1. The van der Waals surface area contributed by atoms with Gasteiger partial charge in [-0.05, 0) is 67.2 Å². The first-order chi connectivity index (χ1) is 11.0. The molecule has 0 heterocycles. The lowest BCUT2D eigenvalue weighted by Crippen LogP contribution is -2.51. The molecule has 1 aromatic carbocycles. The van der Waals surface area contributed by atoms with E-state index in [1.165, 1.54) is 11.1 Å². The molecule has 0 bridgehead atoms. The van der Waals surface area contributed by atoms with E-state index in [4.69, 9.17) is 4.74 Å². The van der Waals surface area contributed by atoms with Gasteiger partial charge in [0.2, 0.25) is 0 Å². The fourth-order valence-corrected chi connectivity index (χ4v) is 5.68. The minimum Gasteiger partial charge on any atom is -0.497 e. The van der Waals surface area contributed by atoms with Crippen molar-refractivity contribution in [2.24, 2.45) is 17.3 Å². The number of carbonyl (C=O) groups excluding carboxylic acids is 1. The van der Waals surface area contributed by atoms with Gasteiger partial charge in [0.25, 0.3) is 0 Å². The molecule has 2 unspecified atom stereocenters. The number of carbonyl (C=O) groups is 1. The molecular weight excluding hydrogens is 286 g/mol. The predicted octanol–water partition coefficient (Wildman–Crippen LogP) is 3.80. The molecule has 3 aliphatic rings. The first-order valence-electron chi connectivity index (χ1n) is 8.67. The Hall–Kier alpha value is -1.82. The van der Waals surface area contributed by atoms with E-state index in [-0.39, 0.29) is 5.41 Å². The van der Waals surface area contributed by atoms with Crippen molar-refractivity contribution in [2.75, 3.05) is 7.11 Å². The molecule has 0 amide bonds. The zero-order valence-corrected chi connectivity index (χ0v) is 13.9. The van der Waals surface area contributed by atoms with Crippen molar-refractivity contribution in [2.45, 2.75) is 50.9 Å².